The molecule has 6 heteroatoms. The van der Waals surface area contributed by atoms with Crippen molar-refractivity contribution in [1.82, 2.24) is 15.2 Å². The van der Waals surface area contributed by atoms with E-state index >= 15 is 0 Å². The normalized spacial score (nSPS) is 19.2. The molecule has 1 aliphatic heterocycles. The maximum atomic E-state index is 12.3. The molecule has 1 fully saturated rings. The molecule has 104 valence electrons. The maximum absolute atomic E-state index is 12.3. The van der Waals surface area contributed by atoms with Crippen LogP contribution >= 0.6 is 0 Å². The fourth-order valence-electron chi connectivity index (χ4n) is 2.10. The average Bonchev–Trinajstić information content (AvgIpc) is 2.77. The Balaban J connectivity index is 2.14. The summed E-state index contributed by atoms with van der Waals surface area (Å²) in [4.78, 5) is 29.7. The Labute approximate surface area is 112 Å². The van der Waals surface area contributed by atoms with Crippen molar-refractivity contribution in [3.63, 3.8) is 0 Å². The second kappa shape index (κ2) is 5.03. The highest BCUT2D eigenvalue weighted by Gasteiger charge is 2.36. The van der Waals surface area contributed by atoms with E-state index in [0.29, 0.717) is 25.4 Å². The SMILES string of the molecule is CCc1cnc(CN2CCC(=O)NC(C)(C)C2=O)o1. The predicted molar refractivity (Wildman–Crippen MR) is 68.1 cm³/mol. The summed E-state index contributed by atoms with van der Waals surface area (Å²) in [5, 5.41) is 2.72. The lowest BCUT2D eigenvalue weighted by atomic mass is 10.0. The molecule has 0 spiro atoms. The zero-order valence-electron chi connectivity index (χ0n) is 11.5. The van der Waals surface area contributed by atoms with Crippen LogP contribution in [-0.4, -0.2) is 33.8 Å². The third kappa shape index (κ3) is 2.94. The molecule has 0 radical (unpaired) electrons. The maximum Gasteiger partial charge on any atom is 0.248 e. The van der Waals surface area contributed by atoms with Crippen molar-refractivity contribution in [1.29, 1.82) is 0 Å². The third-order valence-electron chi connectivity index (χ3n) is 3.16. The Morgan fingerprint density at radius 2 is 2.21 bits per heavy atom. The van der Waals surface area contributed by atoms with E-state index in [-0.39, 0.29) is 11.8 Å². The molecule has 1 saturated heterocycles. The molecule has 2 heterocycles. The number of nitrogens with zero attached hydrogens (tertiary/aromatic N) is 2. The highest BCUT2D eigenvalue weighted by Crippen LogP contribution is 2.16. The van der Waals surface area contributed by atoms with Gasteiger partial charge in [0.15, 0.2) is 0 Å². The smallest absolute Gasteiger partial charge is 0.248 e. The second-order valence-electron chi connectivity index (χ2n) is 5.22. The lowest BCUT2D eigenvalue weighted by Crippen LogP contribution is -2.52. The molecule has 0 saturated carbocycles. The van der Waals surface area contributed by atoms with Crippen LogP contribution in [-0.2, 0) is 22.6 Å². The lowest BCUT2D eigenvalue weighted by Gasteiger charge is -2.27. The van der Waals surface area contributed by atoms with Gasteiger partial charge in [-0.25, -0.2) is 4.98 Å². The first-order chi connectivity index (χ1) is 8.92. The van der Waals surface area contributed by atoms with E-state index in [4.69, 9.17) is 4.42 Å². The molecule has 0 atom stereocenters. The van der Waals surface area contributed by atoms with Crippen LogP contribution in [0.15, 0.2) is 10.6 Å². The van der Waals surface area contributed by atoms with Gasteiger partial charge >= 0.3 is 0 Å². The molecule has 2 amide bonds. The van der Waals surface area contributed by atoms with Crippen molar-refractivity contribution in [2.24, 2.45) is 0 Å². The number of hydrogen-bond donors (Lipinski definition) is 1. The topological polar surface area (TPSA) is 75.4 Å². The molecular formula is C13H19N3O3. The minimum absolute atomic E-state index is 0.109. The highest BCUT2D eigenvalue weighted by molar-refractivity contribution is 5.92. The summed E-state index contributed by atoms with van der Waals surface area (Å²) >= 11 is 0. The zero-order chi connectivity index (χ0) is 14.0. The molecule has 0 unspecified atom stereocenters. The van der Waals surface area contributed by atoms with Crippen molar-refractivity contribution in [3.05, 3.63) is 17.8 Å². The van der Waals surface area contributed by atoms with Crippen molar-refractivity contribution in [2.45, 2.75) is 45.7 Å². The molecule has 6 nitrogen and oxygen atoms in total. The Morgan fingerprint density at radius 1 is 1.47 bits per heavy atom. The van der Waals surface area contributed by atoms with Gasteiger partial charge < -0.3 is 14.6 Å². The van der Waals surface area contributed by atoms with E-state index < -0.39 is 5.54 Å². The molecule has 19 heavy (non-hydrogen) atoms. The number of aromatic nitrogens is 1. The summed E-state index contributed by atoms with van der Waals surface area (Å²) in [6.07, 6.45) is 2.75. The first-order valence-electron chi connectivity index (χ1n) is 6.46. The fourth-order valence-corrected chi connectivity index (χ4v) is 2.10. The Hall–Kier alpha value is -1.85. The number of hydrogen-bond acceptors (Lipinski definition) is 4. The second-order valence-corrected chi connectivity index (χ2v) is 5.22. The number of nitrogens with one attached hydrogen (secondary N) is 1. The molecule has 0 aliphatic carbocycles. The Morgan fingerprint density at radius 3 is 2.84 bits per heavy atom. The Bertz CT molecular complexity index is 493. The molecular weight excluding hydrogens is 246 g/mol. The lowest BCUT2D eigenvalue weighted by molar-refractivity contribution is -0.138. The minimum atomic E-state index is -0.881. The number of amides is 2. The van der Waals surface area contributed by atoms with Crippen LogP contribution in [0, 0.1) is 0 Å². The predicted octanol–water partition coefficient (Wildman–Crippen LogP) is 0.864. The summed E-state index contributed by atoms with van der Waals surface area (Å²) in [6, 6.07) is 0. The van der Waals surface area contributed by atoms with Crippen LogP contribution < -0.4 is 5.32 Å². The summed E-state index contributed by atoms with van der Waals surface area (Å²) in [6.45, 7) is 6.08. The summed E-state index contributed by atoms with van der Waals surface area (Å²) in [5.41, 5.74) is -0.881. The monoisotopic (exact) mass is 265 g/mol. The summed E-state index contributed by atoms with van der Waals surface area (Å²) in [7, 11) is 0. The summed E-state index contributed by atoms with van der Waals surface area (Å²) in [5.74, 6) is 1.08. The average molecular weight is 265 g/mol. The molecule has 0 bridgehead atoms. The zero-order valence-corrected chi connectivity index (χ0v) is 11.5. The first kappa shape index (κ1) is 13.6. The van der Waals surface area contributed by atoms with Crippen LogP contribution in [0.2, 0.25) is 0 Å². The molecule has 0 aromatic carbocycles. The van der Waals surface area contributed by atoms with E-state index in [9.17, 15) is 9.59 Å². The molecule has 1 aromatic heterocycles. The van der Waals surface area contributed by atoms with E-state index in [2.05, 4.69) is 10.3 Å². The van der Waals surface area contributed by atoms with Crippen molar-refractivity contribution < 1.29 is 14.0 Å². The van der Waals surface area contributed by atoms with Crippen LogP contribution in [0.5, 0.6) is 0 Å². The number of oxazole rings is 1. The van der Waals surface area contributed by atoms with Crippen LogP contribution in [0.3, 0.4) is 0 Å². The van der Waals surface area contributed by atoms with Gasteiger partial charge in [-0.05, 0) is 13.8 Å². The number of rotatable bonds is 3. The van der Waals surface area contributed by atoms with Crippen LogP contribution in [0.4, 0.5) is 0 Å². The van der Waals surface area contributed by atoms with E-state index in [0.717, 1.165) is 12.2 Å². The van der Waals surface area contributed by atoms with Gasteiger partial charge in [-0.3, -0.25) is 9.59 Å². The third-order valence-corrected chi connectivity index (χ3v) is 3.16. The van der Waals surface area contributed by atoms with Gasteiger partial charge in [0, 0.05) is 19.4 Å². The quantitative estimate of drug-likeness (QED) is 0.879. The first-order valence-corrected chi connectivity index (χ1v) is 6.46. The Kier molecular flexibility index (Phi) is 3.59. The number of carbonyl (C=O) groups excluding carboxylic acids is 2. The van der Waals surface area contributed by atoms with E-state index in [1.807, 2.05) is 6.92 Å². The van der Waals surface area contributed by atoms with Crippen LogP contribution in [0.25, 0.3) is 0 Å². The van der Waals surface area contributed by atoms with E-state index in [1.54, 1.807) is 24.9 Å². The summed E-state index contributed by atoms with van der Waals surface area (Å²) < 4.78 is 5.51. The van der Waals surface area contributed by atoms with Crippen LogP contribution in [0.1, 0.15) is 38.8 Å². The highest BCUT2D eigenvalue weighted by atomic mass is 16.4. The number of carbonyl (C=O) groups is 2. The van der Waals surface area contributed by atoms with E-state index in [1.165, 1.54) is 0 Å². The van der Waals surface area contributed by atoms with Gasteiger partial charge in [0.2, 0.25) is 17.7 Å². The minimum Gasteiger partial charge on any atom is -0.444 e. The van der Waals surface area contributed by atoms with Crippen molar-refractivity contribution >= 4 is 11.8 Å². The van der Waals surface area contributed by atoms with Gasteiger partial charge in [-0.1, -0.05) is 6.92 Å². The molecule has 1 aromatic rings. The van der Waals surface area contributed by atoms with Gasteiger partial charge in [0.25, 0.3) is 0 Å². The molecule has 2 rings (SSSR count). The van der Waals surface area contributed by atoms with Gasteiger partial charge in [-0.2, -0.15) is 0 Å². The van der Waals surface area contributed by atoms with Crippen molar-refractivity contribution in [3.8, 4) is 0 Å². The standard InChI is InChI=1S/C13H19N3O3/c1-4-9-7-14-11(19-9)8-16-6-5-10(17)15-13(2,3)12(16)18/h7H,4-6,8H2,1-3H3,(H,15,17). The van der Waals surface area contributed by atoms with Gasteiger partial charge in [0.1, 0.15) is 11.3 Å². The molecule has 1 aliphatic rings. The largest absolute Gasteiger partial charge is 0.444 e. The van der Waals surface area contributed by atoms with Crippen molar-refractivity contribution in [2.75, 3.05) is 6.54 Å². The molecule has 1 N–H and O–H groups in total. The van der Waals surface area contributed by atoms with Gasteiger partial charge in [-0.15, -0.1) is 0 Å². The fraction of sp³-hybridized carbons (Fsp3) is 0.615. The number of aryl methyl sites for hydroxylation is 1. The van der Waals surface area contributed by atoms with Gasteiger partial charge in [0.05, 0.1) is 12.7 Å².